The van der Waals surface area contributed by atoms with Crippen molar-refractivity contribution in [3.63, 3.8) is 0 Å². The molecular weight excluding hydrogens is 388 g/mol. The van der Waals surface area contributed by atoms with Crippen molar-refractivity contribution in [3.05, 3.63) is 59.8 Å². The van der Waals surface area contributed by atoms with Crippen molar-refractivity contribution in [3.8, 4) is 0 Å². The molecule has 2 aliphatic heterocycles. The van der Waals surface area contributed by atoms with Gasteiger partial charge in [0.2, 0.25) is 5.91 Å². The lowest BCUT2D eigenvalue weighted by molar-refractivity contribution is -0.116. The summed E-state index contributed by atoms with van der Waals surface area (Å²) in [6.45, 7) is 2.96. The molecule has 3 aromatic rings. The first-order valence-electron chi connectivity index (χ1n) is 10.9. The molecule has 6 nitrogen and oxygen atoms in total. The van der Waals surface area contributed by atoms with Crippen molar-refractivity contribution in [1.82, 2.24) is 9.88 Å². The number of hydrogen-bond donors (Lipinski definition) is 3. The monoisotopic (exact) mass is 414 g/mol. The van der Waals surface area contributed by atoms with Gasteiger partial charge in [-0.25, -0.2) is 0 Å². The Kier molecular flexibility index (Phi) is 5.30. The van der Waals surface area contributed by atoms with Gasteiger partial charge in [0.15, 0.2) is 0 Å². The Morgan fingerprint density at radius 2 is 1.90 bits per heavy atom. The maximum Gasteiger partial charge on any atom is 0.256 e. The molecule has 0 bridgehead atoms. The quantitative estimate of drug-likeness (QED) is 0.539. The fourth-order valence-electron chi connectivity index (χ4n) is 4.40. The molecule has 0 atom stereocenters. The van der Waals surface area contributed by atoms with E-state index in [1.807, 2.05) is 54.6 Å². The highest BCUT2D eigenvalue weighted by Gasteiger charge is 2.25. The smallest absolute Gasteiger partial charge is 0.256 e. The van der Waals surface area contributed by atoms with E-state index >= 15 is 0 Å². The van der Waals surface area contributed by atoms with Gasteiger partial charge in [-0.05, 0) is 67.7 Å². The molecule has 31 heavy (non-hydrogen) atoms. The highest BCUT2D eigenvalue weighted by molar-refractivity contribution is 6.35. The van der Waals surface area contributed by atoms with E-state index in [2.05, 4.69) is 20.5 Å². The predicted octanol–water partition coefficient (Wildman–Crippen LogP) is 4.48. The molecule has 1 fully saturated rings. The fourth-order valence-corrected chi connectivity index (χ4v) is 4.40. The van der Waals surface area contributed by atoms with E-state index in [9.17, 15) is 9.59 Å². The van der Waals surface area contributed by atoms with Crippen LogP contribution >= 0.6 is 0 Å². The van der Waals surface area contributed by atoms with Crippen LogP contribution in [0.1, 0.15) is 36.9 Å². The molecule has 0 saturated carbocycles. The Balaban J connectivity index is 1.32. The normalized spacial score (nSPS) is 17.7. The molecule has 2 amide bonds. The van der Waals surface area contributed by atoms with Crippen LogP contribution in [0.15, 0.2) is 48.5 Å². The zero-order valence-corrected chi connectivity index (χ0v) is 17.4. The lowest BCUT2D eigenvalue weighted by Gasteiger charge is -2.25. The topological polar surface area (TPSA) is 77.2 Å². The standard InChI is InChI=1S/C25H26N4O2/c30-24(10-13-29-11-4-1-5-12-29)27-18-8-9-23-20(15-18)21(25(31)28-23)16-19-14-17-6-2-3-7-22(17)26-19/h2-3,6-9,14-16,26H,1,4-5,10-13H2,(H,27,30)(H,28,31). The van der Waals surface area contributed by atoms with Gasteiger partial charge in [-0.15, -0.1) is 0 Å². The summed E-state index contributed by atoms with van der Waals surface area (Å²) in [6, 6.07) is 15.6. The minimum absolute atomic E-state index is 0.00366. The van der Waals surface area contributed by atoms with E-state index < -0.39 is 0 Å². The van der Waals surface area contributed by atoms with Crippen LogP contribution < -0.4 is 10.6 Å². The summed E-state index contributed by atoms with van der Waals surface area (Å²) in [5, 5.41) is 7.00. The second-order valence-electron chi connectivity index (χ2n) is 8.28. The van der Waals surface area contributed by atoms with Gasteiger partial charge in [0.25, 0.3) is 5.91 Å². The number of hydrogen-bond acceptors (Lipinski definition) is 3. The van der Waals surface area contributed by atoms with Gasteiger partial charge >= 0.3 is 0 Å². The molecule has 0 unspecified atom stereocenters. The van der Waals surface area contributed by atoms with Crippen molar-refractivity contribution < 1.29 is 9.59 Å². The number of carbonyl (C=O) groups excluding carboxylic acids is 2. The van der Waals surface area contributed by atoms with Crippen LogP contribution in [0.3, 0.4) is 0 Å². The van der Waals surface area contributed by atoms with Gasteiger partial charge in [-0.2, -0.15) is 0 Å². The number of rotatable bonds is 5. The number of likely N-dealkylation sites (tertiary alicyclic amines) is 1. The number of piperidine rings is 1. The predicted molar refractivity (Wildman–Crippen MR) is 125 cm³/mol. The summed E-state index contributed by atoms with van der Waals surface area (Å²) in [4.78, 5) is 30.7. The highest BCUT2D eigenvalue weighted by atomic mass is 16.2. The number of nitrogens with one attached hydrogen (secondary N) is 3. The summed E-state index contributed by atoms with van der Waals surface area (Å²) < 4.78 is 0. The van der Waals surface area contributed by atoms with Crippen molar-refractivity contribution in [2.24, 2.45) is 0 Å². The zero-order chi connectivity index (χ0) is 21.2. The first-order chi connectivity index (χ1) is 15.2. The maximum absolute atomic E-state index is 12.6. The zero-order valence-electron chi connectivity index (χ0n) is 17.4. The van der Waals surface area contributed by atoms with Gasteiger partial charge < -0.3 is 20.5 Å². The van der Waals surface area contributed by atoms with Crippen LogP contribution in [0.4, 0.5) is 11.4 Å². The fraction of sp³-hybridized carbons (Fsp3) is 0.280. The number of aromatic amines is 1. The van der Waals surface area contributed by atoms with Crippen molar-refractivity contribution in [2.75, 3.05) is 30.3 Å². The highest BCUT2D eigenvalue weighted by Crippen LogP contribution is 2.35. The third kappa shape index (κ3) is 4.25. The molecule has 3 N–H and O–H groups in total. The van der Waals surface area contributed by atoms with Crippen LogP contribution in [-0.2, 0) is 9.59 Å². The third-order valence-corrected chi connectivity index (χ3v) is 6.04. The lowest BCUT2D eigenvalue weighted by Crippen LogP contribution is -2.32. The first-order valence-corrected chi connectivity index (χ1v) is 10.9. The Bertz CT molecular complexity index is 1140. The minimum atomic E-state index is -0.137. The van der Waals surface area contributed by atoms with E-state index in [1.165, 1.54) is 19.3 Å². The maximum atomic E-state index is 12.6. The van der Waals surface area contributed by atoms with Gasteiger partial charge in [0, 0.05) is 41.1 Å². The molecular formula is C25H26N4O2. The second-order valence-corrected chi connectivity index (χ2v) is 8.28. The van der Waals surface area contributed by atoms with E-state index in [-0.39, 0.29) is 11.8 Å². The Morgan fingerprint density at radius 1 is 1.06 bits per heavy atom. The largest absolute Gasteiger partial charge is 0.355 e. The molecule has 5 rings (SSSR count). The van der Waals surface area contributed by atoms with Crippen molar-refractivity contribution in [1.29, 1.82) is 0 Å². The molecule has 0 aliphatic carbocycles. The van der Waals surface area contributed by atoms with E-state index in [4.69, 9.17) is 0 Å². The number of aromatic nitrogens is 1. The van der Waals surface area contributed by atoms with Crippen LogP contribution in [0, 0.1) is 0 Å². The Hall–Kier alpha value is -3.38. The van der Waals surface area contributed by atoms with Gasteiger partial charge in [-0.3, -0.25) is 9.59 Å². The first kappa shape index (κ1) is 19.6. The lowest BCUT2D eigenvalue weighted by atomic mass is 10.0. The number of anilines is 2. The number of H-pyrrole nitrogens is 1. The van der Waals surface area contributed by atoms with E-state index in [0.29, 0.717) is 17.7 Å². The SMILES string of the molecule is O=C(CCN1CCCCC1)Nc1ccc2c(c1)C(=Cc1cc3ccccc3[nH]1)C(=O)N2. The molecule has 1 aromatic heterocycles. The average Bonchev–Trinajstić information content (AvgIpc) is 3.33. The summed E-state index contributed by atoms with van der Waals surface area (Å²) in [5.74, 6) is -0.133. The second kappa shape index (κ2) is 8.40. The third-order valence-electron chi connectivity index (χ3n) is 6.04. The molecule has 1 saturated heterocycles. The van der Waals surface area contributed by atoms with Gasteiger partial charge in [0.05, 0.1) is 5.57 Å². The minimum Gasteiger partial charge on any atom is -0.355 e. The molecule has 2 aliphatic rings. The molecule has 158 valence electrons. The van der Waals surface area contributed by atoms with Gasteiger partial charge in [-0.1, -0.05) is 24.6 Å². The number of amides is 2. The van der Waals surface area contributed by atoms with Crippen LogP contribution in [0.2, 0.25) is 0 Å². The summed E-state index contributed by atoms with van der Waals surface area (Å²) in [7, 11) is 0. The average molecular weight is 415 g/mol. The molecule has 0 radical (unpaired) electrons. The summed E-state index contributed by atoms with van der Waals surface area (Å²) >= 11 is 0. The molecule has 3 heterocycles. The molecule has 0 spiro atoms. The van der Waals surface area contributed by atoms with Crippen LogP contribution in [0.25, 0.3) is 22.6 Å². The summed E-state index contributed by atoms with van der Waals surface area (Å²) in [6.07, 6.45) is 6.08. The number of para-hydroxylation sites is 1. The Labute approximate surface area is 181 Å². The Morgan fingerprint density at radius 3 is 2.74 bits per heavy atom. The van der Waals surface area contributed by atoms with Crippen molar-refractivity contribution >= 4 is 45.7 Å². The van der Waals surface area contributed by atoms with Crippen LogP contribution in [0.5, 0.6) is 0 Å². The van der Waals surface area contributed by atoms with Crippen molar-refractivity contribution in [2.45, 2.75) is 25.7 Å². The van der Waals surface area contributed by atoms with Gasteiger partial charge in [0.1, 0.15) is 0 Å². The number of benzene rings is 2. The number of nitrogens with zero attached hydrogens (tertiary/aromatic N) is 1. The number of fused-ring (bicyclic) bond motifs is 2. The summed E-state index contributed by atoms with van der Waals surface area (Å²) in [5.41, 5.74) is 4.77. The van der Waals surface area contributed by atoms with E-state index in [1.54, 1.807) is 0 Å². The number of carbonyl (C=O) groups is 2. The molecule has 6 heteroatoms. The van der Waals surface area contributed by atoms with Crippen LogP contribution in [-0.4, -0.2) is 41.3 Å². The van der Waals surface area contributed by atoms with E-state index in [0.717, 1.165) is 47.5 Å². The molecule has 2 aromatic carbocycles.